The van der Waals surface area contributed by atoms with Crippen LogP contribution in [0.1, 0.15) is 32.7 Å². The number of nitrogens with zero attached hydrogens (tertiary/aromatic N) is 1. The Morgan fingerprint density at radius 1 is 0.969 bits per heavy atom. The van der Waals surface area contributed by atoms with E-state index in [2.05, 4.69) is 5.32 Å². The van der Waals surface area contributed by atoms with Gasteiger partial charge in [-0.05, 0) is 42.8 Å². The van der Waals surface area contributed by atoms with Gasteiger partial charge in [0.15, 0.2) is 0 Å². The number of carbonyl (C=O) groups excluding carboxylic acids is 4. The van der Waals surface area contributed by atoms with Crippen molar-refractivity contribution in [3.8, 4) is 5.75 Å². The quantitative estimate of drug-likeness (QED) is 0.687. The molecule has 0 bridgehead atoms. The summed E-state index contributed by atoms with van der Waals surface area (Å²) in [5.74, 6) is -2.03. The molecule has 2 aromatic rings. The number of methoxy groups -OCH3 is 3. The zero-order valence-corrected chi connectivity index (χ0v) is 18.3. The number of carbonyl (C=O) groups is 4. The number of anilines is 2. The number of amides is 2. The zero-order valence-electron chi connectivity index (χ0n) is 18.3. The molecular formula is C23H24N2O7. The summed E-state index contributed by atoms with van der Waals surface area (Å²) in [6, 6.07) is 9.60. The molecule has 0 aliphatic carbocycles. The molecule has 9 nitrogen and oxygen atoms in total. The summed E-state index contributed by atoms with van der Waals surface area (Å²) < 4.78 is 14.8. The molecule has 0 saturated carbocycles. The van der Waals surface area contributed by atoms with Crippen LogP contribution in [-0.4, -0.2) is 51.6 Å². The van der Waals surface area contributed by atoms with E-state index in [1.54, 1.807) is 6.07 Å². The minimum absolute atomic E-state index is 0.0173. The Morgan fingerprint density at radius 3 is 2.16 bits per heavy atom. The normalized spacial score (nSPS) is 15.3. The highest BCUT2D eigenvalue weighted by molar-refractivity contribution is 6.05. The first-order valence-electron chi connectivity index (χ1n) is 9.85. The molecule has 2 amide bonds. The maximum Gasteiger partial charge on any atom is 0.337 e. The highest BCUT2D eigenvalue weighted by Crippen LogP contribution is 2.34. The lowest BCUT2D eigenvalue weighted by molar-refractivity contribution is -0.122. The molecule has 168 valence electrons. The highest BCUT2D eigenvalue weighted by atomic mass is 16.5. The summed E-state index contributed by atoms with van der Waals surface area (Å²) in [7, 11) is 3.94. The van der Waals surface area contributed by atoms with Crippen LogP contribution in [0.4, 0.5) is 11.4 Å². The highest BCUT2D eigenvalue weighted by Gasteiger charge is 2.36. The maximum absolute atomic E-state index is 12.9. The first kappa shape index (κ1) is 22.8. The maximum atomic E-state index is 12.9. The molecule has 2 aromatic carbocycles. The monoisotopic (exact) mass is 440 g/mol. The summed E-state index contributed by atoms with van der Waals surface area (Å²) in [5.41, 5.74) is 1.95. The molecule has 0 spiro atoms. The Kier molecular flexibility index (Phi) is 6.77. The third-order valence-electron chi connectivity index (χ3n) is 5.16. The Bertz CT molecular complexity index is 1050. The molecule has 1 atom stereocenters. The van der Waals surface area contributed by atoms with Gasteiger partial charge in [-0.3, -0.25) is 9.59 Å². The summed E-state index contributed by atoms with van der Waals surface area (Å²) in [6.45, 7) is 2.08. The minimum atomic E-state index is -0.667. The number of ether oxygens (including phenoxy) is 3. The van der Waals surface area contributed by atoms with E-state index in [1.165, 1.54) is 44.4 Å². The zero-order chi connectivity index (χ0) is 23.4. The van der Waals surface area contributed by atoms with E-state index >= 15 is 0 Å². The van der Waals surface area contributed by atoms with Crippen molar-refractivity contribution in [3.63, 3.8) is 0 Å². The second kappa shape index (κ2) is 9.51. The van der Waals surface area contributed by atoms with E-state index in [9.17, 15) is 19.2 Å². The van der Waals surface area contributed by atoms with Gasteiger partial charge in [0, 0.05) is 18.7 Å². The molecule has 3 rings (SSSR count). The van der Waals surface area contributed by atoms with E-state index in [0.29, 0.717) is 11.4 Å². The SMILES string of the molecule is COC(=O)c1cc(NC(=O)C2CC(=O)N(c3cc(C)ccc3OC)C2)cc(C(=O)OC)c1. The second-order valence-corrected chi connectivity index (χ2v) is 7.35. The van der Waals surface area contributed by atoms with Crippen molar-refractivity contribution < 1.29 is 33.4 Å². The Labute approximate surface area is 185 Å². The molecule has 1 unspecified atom stereocenters. The molecule has 1 N–H and O–H groups in total. The fourth-order valence-corrected chi connectivity index (χ4v) is 3.54. The number of rotatable bonds is 6. The van der Waals surface area contributed by atoms with Crippen LogP contribution in [0.25, 0.3) is 0 Å². The van der Waals surface area contributed by atoms with Crippen LogP contribution >= 0.6 is 0 Å². The van der Waals surface area contributed by atoms with Gasteiger partial charge >= 0.3 is 11.9 Å². The summed E-state index contributed by atoms with van der Waals surface area (Å²) >= 11 is 0. The first-order valence-corrected chi connectivity index (χ1v) is 9.85. The number of hydrogen-bond donors (Lipinski definition) is 1. The molecule has 1 heterocycles. The predicted molar refractivity (Wildman–Crippen MR) is 116 cm³/mol. The average Bonchev–Trinajstić information content (AvgIpc) is 3.19. The van der Waals surface area contributed by atoms with Crippen molar-refractivity contribution in [2.75, 3.05) is 38.1 Å². The average molecular weight is 440 g/mol. The lowest BCUT2D eigenvalue weighted by atomic mass is 10.1. The van der Waals surface area contributed by atoms with E-state index in [4.69, 9.17) is 14.2 Å². The number of nitrogens with one attached hydrogen (secondary N) is 1. The van der Waals surface area contributed by atoms with Crippen LogP contribution in [0.2, 0.25) is 0 Å². The fourth-order valence-electron chi connectivity index (χ4n) is 3.54. The smallest absolute Gasteiger partial charge is 0.337 e. The number of esters is 2. The van der Waals surface area contributed by atoms with Gasteiger partial charge in [-0.15, -0.1) is 0 Å². The topological polar surface area (TPSA) is 111 Å². The van der Waals surface area contributed by atoms with Gasteiger partial charge in [0.25, 0.3) is 0 Å². The van der Waals surface area contributed by atoms with E-state index in [-0.39, 0.29) is 35.7 Å². The van der Waals surface area contributed by atoms with Crippen molar-refractivity contribution in [1.29, 1.82) is 0 Å². The van der Waals surface area contributed by atoms with Gasteiger partial charge in [-0.25, -0.2) is 9.59 Å². The van der Waals surface area contributed by atoms with Gasteiger partial charge in [-0.2, -0.15) is 0 Å². The van der Waals surface area contributed by atoms with Crippen LogP contribution in [0.5, 0.6) is 5.75 Å². The molecule has 1 fully saturated rings. The standard InChI is InChI=1S/C23H24N2O7/c1-13-5-6-19(30-2)18(7-13)25-12-16(11-20(25)26)21(27)24-17-9-14(22(28)31-3)8-15(10-17)23(29)32-4/h5-10,16H,11-12H2,1-4H3,(H,24,27). The molecule has 1 saturated heterocycles. The predicted octanol–water partition coefficient (Wildman–Crippen LogP) is 2.57. The van der Waals surface area contributed by atoms with E-state index in [0.717, 1.165) is 5.56 Å². The number of benzene rings is 2. The summed E-state index contributed by atoms with van der Waals surface area (Å²) in [4.78, 5) is 51.0. The third-order valence-corrected chi connectivity index (χ3v) is 5.16. The van der Waals surface area contributed by atoms with Gasteiger partial charge in [-0.1, -0.05) is 6.07 Å². The van der Waals surface area contributed by atoms with Crippen LogP contribution in [0.15, 0.2) is 36.4 Å². The van der Waals surface area contributed by atoms with Crippen molar-refractivity contribution in [3.05, 3.63) is 53.1 Å². The Balaban J connectivity index is 1.82. The Morgan fingerprint density at radius 2 is 1.59 bits per heavy atom. The lowest BCUT2D eigenvalue weighted by Crippen LogP contribution is -2.28. The lowest BCUT2D eigenvalue weighted by Gasteiger charge is -2.20. The van der Waals surface area contributed by atoms with Gasteiger partial charge < -0.3 is 24.4 Å². The fraction of sp³-hybridized carbons (Fsp3) is 0.304. The van der Waals surface area contributed by atoms with Gasteiger partial charge in [0.1, 0.15) is 5.75 Å². The second-order valence-electron chi connectivity index (χ2n) is 7.35. The van der Waals surface area contributed by atoms with Crippen LogP contribution in [-0.2, 0) is 19.1 Å². The van der Waals surface area contributed by atoms with E-state index < -0.39 is 23.8 Å². The van der Waals surface area contributed by atoms with Crippen molar-refractivity contribution in [2.45, 2.75) is 13.3 Å². The Hall–Kier alpha value is -3.88. The summed E-state index contributed by atoms with van der Waals surface area (Å²) in [5, 5.41) is 2.69. The molecule has 0 radical (unpaired) electrons. The minimum Gasteiger partial charge on any atom is -0.495 e. The van der Waals surface area contributed by atoms with Crippen molar-refractivity contribution in [1.82, 2.24) is 0 Å². The molecule has 0 aromatic heterocycles. The molecule has 9 heteroatoms. The van der Waals surface area contributed by atoms with Crippen molar-refractivity contribution in [2.24, 2.45) is 5.92 Å². The van der Waals surface area contributed by atoms with Crippen LogP contribution in [0.3, 0.4) is 0 Å². The number of aryl methyl sites for hydroxylation is 1. The van der Waals surface area contributed by atoms with Gasteiger partial charge in [0.2, 0.25) is 11.8 Å². The molecular weight excluding hydrogens is 416 g/mol. The van der Waals surface area contributed by atoms with Crippen molar-refractivity contribution >= 4 is 35.1 Å². The number of hydrogen-bond acceptors (Lipinski definition) is 7. The molecule has 1 aliphatic rings. The first-order chi connectivity index (χ1) is 15.3. The molecule has 1 aliphatic heterocycles. The third kappa shape index (κ3) is 4.72. The largest absolute Gasteiger partial charge is 0.495 e. The van der Waals surface area contributed by atoms with Crippen LogP contribution < -0.4 is 15.0 Å². The van der Waals surface area contributed by atoms with E-state index in [1.807, 2.05) is 19.1 Å². The molecule has 32 heavy (non-hydrogen) atoms. The van der Waals surface area contributed by atoms with Gasteiger partial charge in [0.05, 0.1) is 44.1 Å². The summed E-state index contributed by atoms with van der Waals surface area (Å²) in [6.07, 6.45) is 0.0173. The van der Waals surface area contributed by atoms with Crippen LogP contribution in [0, 0.1) is 12.8 Å².